The number of urea groups is 1. The van der Waals surface area contributed by atoms with Crippen molar-refractivity contribution in [3.63, 3.8) is 0 Å². The number of fused-ring (bicyclic) bond motifs is 1. The van der Waals surface area contributed by atoms with Crippen molar-refractivity contribution in [2.45, 2.75) is 6.04 Å². The molecule has 0 spiro atoms. The van der Waals surface area contributed by atoms with Crippen LogP contribution in [-0.2, 0) is 9.59 Å². The minimum absolute atomic E-state index is 0.156. The van der Waals surface area contributed by atoms with Crippen LogP contribution in [-0.4, -0.2) is 91.5 Å². The van der Waals surface area contributed by atoms with E-state index < -0.39 is 23.9 Å². The van der Waals surface area contributed by atoms with E-state index in [4.69, 9.17) is 9.47 Å². The zero-order chi connectivity index (χ0) is 21.1. The van der Waals surface area contributed by atoms with E-state index >= 15 is 0 Å². The number of hydrogen-bond acceptors (Lipinski definition) is 7. The summed E-state index contributed by atoms with van der Waals surface area (Å²) in [5.41, 5.74) is 3.05. The third kappa shape index (κ3) is 3.79. The van der Waals surface area contributed by atoms with Gasteiger partial charge in [0.25, 0.3) is 30.0 Å². The Hall–Kier alpha value is -3.76. The Labute approximate surface area is 166 Å². The highest BCUT2D eigenvalue weighted by atomic mass is 16.5. The van der Waals surface area contributed by atoms with E-state index in [1.165, 1.54) is 43.2 Å². The summed E-state index contributed by atoms with van der Waals surface area (Å²) >= 11 is 0. The summed E-state index contributed by atoms with van der Waals surface area (Å²) < 4.78 is 11.9. The second kappa shape index (κ2) is 8.09. The number of hydrazone groups is 1. The van der Waals surface area contributed by atoms with Gasteiger partial charge in [-0.05, 0) is 17.1 Å². The SMILES string of the molecule is COc1ccc(/C=N/NC(=O)C[N+]2=CN=C3C2C(=O)N(C)C(=O)N3C)c(OC)c1. The van der Waals surface area contributed by atoms with E-state index in [-0.39, 0.29) is 12.4 Å². The molecule has 1 unspecified atom stereocenters. The van der Waals surface area contributed by atoms with Crippen molar-refractivity contribution in [1.29, 1.82) is 0 Å². The molecular weight excluding hydrogens is 380 g/mol. The van der Waals surface area contributed by atoms with E-state index in [9.17, 15) is 14.4 Å². The van der Waals surface area contributed by atoms with Crippen molar-refractivity contribution in [3.8, 4) is 11.5 Å². The van der Waals surface area contributed by atoms with Gasteiger partial charge in [0.05, 0.1) is 20.4 Å². The van der Waals surface area contributed by atoms with Gasteiger partial charge in [-0.15, -0.1) is 0 Å². The number of carbonyl (C=O) groups is 3. The maximum atomic E-state index is 12.4. The zero-order valence-electron chi connectivity index (χ0n) is 16.4. The van der Waals surface area contributed by atoms with E-state index in [1.54, 1.807) is 25.3 Å². The number of nitrogens with one attached hydrogen (secondary N) is 1. The van der Waals surface area contributed by atoms with Crippen LogP contribution in [0.15, 0.2) is 28.3 Å². The summed E-state index contributed by atoms with van der Waals surface area (Å²) in [5.74, 6) is 0.569. The van der Waals surface area contributed by atoms with Crippen LogP contribution in [0.5, 0.6) is 11.5 Å². The largest absolute Gasteiger partial charge is 0.497 e. The molecule has 2 heterocycles. The average Bonchev–Trinajstić information content (AvgIpc) is 3.14. The molecule has 1 aromatic rings. The van der Waals surface area contributed by atoms with Crippen LogP contribution in [0.4, 0.5) is 4.79 Å². The Bertz CT molecular complexity index is 954. The van der Waals surface area contributed by atoms with Crippen LogP contribution in [0.25, 0.3) is 0 Å². The third-order valence-corrected chi connectivity index (χ3v) is 4.56. The Kier molecular flexibility index (Phi) is 5.57. The number of amides is 4. The summed E-state index contributed by atoms with van der Waals surface area (Å²) in [6.07, 6.45) is 2.81. The third-order valence-electron chi connectivity index (χ3n) is 4.56. The molecule has 4 amide bonds. The first-order valence-electron chi connectivity index (χ1n) is 8.63. The Morgan fingerprint density at radius 2 is 2.03 bits per heavy atom. The number of likely N-dealkylation sites (N-methyl/N-ethyl adjacent to an activating group) is 2. The van der Waals surface area contributed by atoms with Gasteiger partial charge in [0.1, 0.15) is 11.5 Å². The molecule has 0 aromatic heterocycles. The molecule has 1 N–H and O–H groups in total. The van der Waals surface area contributed by atoms with Crippen LogP contribution < -0.4 is 14.9 Å². The van der Waals surface area contributed by atoms with Gasteiger partial charge in [0, 0.05) is 25.7 Å². The zero-order valence-corrected chi connectivity index (χ0v) is 16.4. The van der Waals surface area contributed by atoms with Crippen molar-refractivity contribution >= 4 is 36.2 Å². The molecule has 1 saturated heterocycles. The van der Waals surface area contributed by atoms with Gasteiger partial charge in [-0.3, -0.25) is 19.4 Å². The van der Waals surface area contributed by atoms with Gasteiger partial charge in [-0.2, -0.15) is 5.10 Å². The van der Waals surface area contributed by atoms with Gasteiger partial charge in [0.2, 0.25) is 0 Å². The molecule has 152 valence electrons. The number of carbonyl (C=O) groups excluding carboxylic acids is 3. The maximum Gasteiger partial charge on any atom is 0.333 e. The van der Waals surface area contributed by atoms with Gasteiger partial charge in [-0.25, -0.2) is 14.8 Å². The van der Waals surface area contributed by atoms with Gasteiger partial charge >= 0.3 is 6.03 Å². The summed E-state index contributed by atoms with van der Waals surface area (Å²) in [7, 11) is 5.99. The number of amidine groups is 1. The number of nitrogens with zero attached hydrogens (tertiary/aromatic N) is 5. The fraction of sp³-hybridized carbons (Fsp3) is 0.333. The number of rotatable bonds is 6. The lowest BCUT2D eigenvalue weighted by molar-refractivity contribution is -0.519. The van der Waals surface area contributed by atoms with Crippen LogP contribution in [0.2, 0.25) is 0 Å². The highest BCUT2D eigenvalue weighted by Crippen LogP contribution is 2.23. The first-order chi connectivity index (χ1) is 13.9. The first-order valence-corrected chi connectivity index (χ1v) is 8.63. The van der Waals surface area contributed by atoms with Crippen molar-refractivity contribution in [2.75, 3.05) is 34.9 Å². The topological polar surface area (TPSA) is 116 Å². The fourth-order valence-corrected chi connectivity index (χ4v) is 2.97. The number of methoxy groups -OCH3 is 2. The average molecular weight is 401 g/mol. The predicted octanol–water partition coefficient (Wildman–Crippen LogP) is -0.501. The van der Waals surface area contributed by atoms with Crippen LogP contribution >= 0.6 is 0 Å². The molecule has 0 bridgehead atoms. The lowest BCUT2D eigenvalue weighted by Gasteiger charge is -2.30. The van der Waals surface area contributed by atoms with Crippen LogP contribution in [0, 0.1) is 0 Å². The number of aliphatic imine (C=N–C) groups is 1. The molecule has 2 aliphatic heterocycles. The molecule has 29 heavy (non-hydrogen) atoms. The van der Waals surface area contributed by atoms with E-state index in [0.717, 1.165) is 4.90 Å². The quantitative estimate of drug-likeness (QED) is 0.392. The lowest BCUT2D eigenvalue weighted by atomic mass is 10.1. The normalized spacial score (nSPS) is 18.6. The molecule has 3 rings (SSSR count). The molecule has 0 saturated carbocycles. The lowest BCUT2D eigenvalue weighted by Crippen LogP contribution is -2.61. The molecule has 1 aromatic carbocycles. The molecule has 1 atom stereocenters. The number of imide groups is 1. The molecule has 2 aliphatic rings. The predicted molar refractivity (Wildman–Crippen MR) is 104 cm³/mol. The van der Waals surface area contributed by atoms with E-state index in [2.05, 4.69) is 15.5 Å². The number of benzene rings is 1. The van der Waals surface area contributed by atoms with Crippen molar-refractivity contribution in [2.24, 2.45) is 10.1 Å². The van der Waals surface area contributed by atoms with E-state index in [0.29, 0.717) is 17.1 Å². The van der Waals surface area contributed by atoms with Crippen LogP contribution in [0.1, 0.15) is 5.56 Å². The van der Waals surface area contributed by atoms with Crippen molar-refractivity contribution in [1.82, 2.24) is 15.2 Å². The molecule has 11 nitrogen and oxygen atoms in total. The van der Waals surface area contributed by atoms with Crippen molar-refractivity contribution in [3.05, 3.63) is 23.8 Å². The minimum Gasteiger partial charge on any atom is -0.497 e. The Morgan fingerprint density at radius 3 is 2.72 bits per heavy atom. The molecule has 11 heteroatoms. The Balaban J connectivity index is 1.63. The van der Waals surface area contributed by atoms with Gasteiger partial charge in [0.15, 0.2) is 6.54 Å². The number of ether oxygens (including phenoxy) is 2. The minimum atomic E-state index is -0.820. The monoisotopic (exact) mass is 401 g/mol. The molecule has 0 aliphatic carbocycles. The van der Waals surface area contributed by atoms with Gasteiger partial charge in [-0.1, -0.05) is 0 Å². The fourth-order valence-electron chi connectivity index (χ4n) is 2.97. The second-order valence-electron chi connectivity index (χ2n) is 6.32. The Morgan fingerprint density at radius 1 is 1.28 bits per heavy atom. The summed E-state index contributed by atoms with van der Waals surface area (Å²) in [4.78, 5) is 43.1. The number of hydrogen-bond donors (Lipinski definition) is 1. The van der Waals surface area contributed by atoms with Crippen LogP contribution in [0.3, 0.4) is 0 Å². The summed E-state index contributed by atoms with van der Waals surface area (Å²) in [5, 5.41) is 3.93. The standard InChI is InChI=1S/C18H20N6O5/c1-22-16-15(17(26)23(2)18(22)27)24(10-19-16)9-14(25)21-20-8-11-5-6-12(28-3)7-13(11)29-4/h5-8,10,15H,9H2,1-4H3/p+1/b20-8+. The van der Waals surface area contributed by atoms with Gasteiger partial charge < -0.3 is 9.47 Å². The van der Waals surface area contributed by atoms with Crippen molar-refractivity contribution < 1.29 is 28.4 Å². The van der Waals surface area contributed by atoms with E-state index in [1.807, 2.05) is 0 Å². The molecule has 0 radical (unpaired) electrons. The summed E-state index contributed by atoms with van der Waals surface area (Å²) in [6.45, 7) is -0.156. The first kappa shape index (κ1) is 20.0. The maximum absolute atomic E-state index is 12.4. The smallest absolute Gasteiger partial charge is 0.333 e. The molecular formula is C18H21N6O5+. The molecule has 1 fully saturated rings. The second-order valence-corrected chi connectivity index (χ2v) is 6.32. The highest BCUT2D eigenvalue weighted by molar-refractivity contribution is 6.21. The summed E-state index contributed by atoms with van der Waals surface area (Å²) in [6, 6.07) is 3.89. The highest BCUT2D eigenvalue weighted by Gasteiger charge is 2.50.